The maximum absolute atomic E-state index is 12.5. The minimum atomic E-state index is -0.338. The van der Waals surface area contributed by atoms with Crippen LogP contribution in [0.5, 0.6) is 0 Å². The molecule has 26 heavy (non-hydrogen) atoms. The summed E-state index contributed by atoms with van der Waals surface area (Å²) in [6.07, 6.45) is 7.45. The molecule has 0 spiro atoms. The maximum Gasteiger partial charge on any atom is 0.317 e. The number of hydrogen-bond acceptors (Lipinski definition) is 3. The van der Waals surface area contributed by atoms with Crippen molar-refractivity contribution in [2.45, 2.75) is 58.4 Å². The molecule has 0 radical (unpaired) electrons. The molecule has 0 aromatic carbocycles. The van der Waals surface area contributed by atoms with Gasteiger partial charge >= 0.3 is 6.03 Å². The Balaban J connectivity index is 1.42. The third kappa shape index (κ3) is 4.37. The van der Waals surface area contributed by atoms with Crippen LogP contribution < -0.4 is 5.32 Å². The zero-order valence-electron chi connectivity index (χ0n) is 16.1. The van der Waals surface area contributed by atoms with E-state index in [0.717, 1.165) is 51.9 Å². The predicted octanol–water partition coefficient (Wildman–Crippen LogP) is 2.34. The Morgan fingerprint density at radius 1 is 1.08 bits per heavy atom. The molecular formula is C19H31N5O2. The first kappa shape index (κ1) is 18.7. The second-order valence-corrected chi connectivity index (χ2v) is 8.56. The Labute approximate surface area is 155 Å². The van der Waals surface area contributed by atoms with E-state index in [1.807, 2.05) is 43.0 Å². The summed E-state index contributed by atoms with van der Waals surface area (Å²) in [4.78, 5) is 28.7. The monoisotopic (exact) mass is 361 g/mol. The number of hydrogen-bond donors (Lipinski definition) is 2. The molecule has 2 N–H and O–H groups in total. The zero-order chi connectivity index (χ0) is 18.7. The van der Waals surface area contributed by atoms with E-state index in [1.54, 1.807) is 0 Å². The number of amides is 3. The van der Waals surface area contributed by atoms with Gasteiger partial charge in [0.25, 0.3) is 0 Å². The van der Waals surface area contributed by atoms with E-state index >= 15 is 0 Å². The smallest absolute Gasteiger partial charge is 0.317 e. The number of aromatic amines is 1. The number of likely N-dealkylation sites (tertiary alicyclic amines) is 2. The minimum absolute atomic E-state index is 0.0382. The molecule has 2 aliphatic heterocycles. The van der Waals surface area contributed by atoms with E-state index in [9.17, 15) is 9.59 Å². The quantitative estimate of drug-likeness (QED) is 0.848. The van der Waals surface area contributed by atoms with E-state index in [1.165, 1.54) is 5.56 Å². The van der Waals surface area contributed by atoms with Gasteiger partial charge in [0.05, 0.1) is 6.20 Å². The Morgan fingerprint density at radius 3 is 2.23 bits per heavy atom. The van der Waals surface area contributed by atoms with Gasteiger partial charge < -0.3 is 15.1 Å². The third-order valence-corrected chi connectivity index (χ3v) is 5.52. The molecule has 0 bridgehead atoms. The number of piperidine rings is 2. The number of nitrogens with one attached hydrogen (secondary N) is 2. The molecule has 7 nitrogen and oxygen atoms in total. The standard InChI is InChI=1S/C19H31N5O2/c1-19(2,3)17(25)23-10-6-16(7-11-23)22-18(26)24-8-4-14(5-9-24)15-12-20-21-13-15/h12-14,16H,4-11H2,1-3H3,(H,20,21)(H,22,26). The number of carbonyl (C=O) groups is 2. The summed E-state index contributed by atoms with van der Waals surface area (Å²) < 4.78 is 0. The molecule has 0 saturated carbocycles. The summed E-state index contributed by atoms with van der Waals surface area (Å²) in [6.45, 7) is 8.88. The number of aromatic nitrogens is 2. The highest BCUT2D eigenvalue weighted by Crippen LogP contribution is 2.27. The van der Waals surface area contributed by atoms with E-state index in [-0.39, 0.29) is 23.4 Å². The van der Waals surface area contributed by atoms with E-state index < -0.39 is 0 Å². The van der Waals surface area contributed by atoms with Crippen molar-refractivity contribution >= 4 is 11.9 Å². The minimum Gasteiger partial charge on any atom is -0.342 e. The Morgan fingerprint density at radius 2 is 1.69 bits per heavy atom. The molecular weight excluding hydrogens is 330 g/mol. The second kappa shape index (κ2) is 7.68. The molecule has 2 saturated heterocycles. The maximum atomic E-state index is 12.5. The third-order valence-electron chi connectivity index (χ3n) is 5.52. The molecule has 2 fully saturated rings. The van der Waals surface area contributed by atoms with Crippen molar-refractivity contribution in [2.75, 3.05) is 26.2 Å². The van der Waals surface area contributed by atoms with Crippen molar-refractivity contribution in [3.63, 3.8) is 0 Å². The molecule has 3 rings (SSSR count). The van der Waals surface area contributed by atoms with Gasteiger partial charge in [0, 0.05) is 43.8 Å². The van der Waals surface area contributed by atoms with Gasteiger partial charge in [-0.15, -0.1) is 0 Å². The first-order chi connectivity index (χ1) is 12.3. The lowest BCUT2D eigenvalue weighted by Crippen LogP contribution is -2.52. The van der Waals surface area contributed by atoms with Crippen LogP contribution in [0.1, 0.15) is 57.9 Å². The van der Waals surface area contributed by atoms with E-state index in [2.05, 4.69) is 15.5 Å². The van der Waals surface area contributed by atoms with E-state index in [0.29, 0.717) is 5.92 Å². The first-order valence-electron chi connectivity index (χ1n) is 9.68. The molecule has 0 unspecified atom stereocenters. The zero-order valence-corrected chi connectivity index (χ0v) is 16.1. The average molecular weight is 361 g/mol. The summed E-state index contributed by atoms with van der Waals surface area (Å²) in [7, 11) is 0. The number of nitrogens with zero attached hydrogens (tertiary/aromatic N) is 3. The fourth-order valence-electron chi connectivity index (χ4n) is 3.87. The molecule has 3 heterocycles. The SMILES string of the molecule is CC(C)(C)C(=O)N1CCC(NC(=O)N2CCC(c3cn[nH]c3)CC2)CC1. The Hall–Kier alpha value is -2.05. The molecule has 0 atom stereocenters. The highest BCUT2D eigenvalue weighted by molar-refractivity contribution is 5.81. The van der Waals surface area contributed by atoms with Crippen LogP contribution in [0.25, 0.3) is 0 Å². The van der Waals surface area contributed by atoms with Crippen LogP contribution >= 0.6 is 0 Å². The van der Waals surface area contributed by atoms with Crippen molar-refractivity contribution in [1.29, 1.82) is 0 Å². The Kier molecular flexibility index (Phi) is 5.53. The lowest BCUT2D eigenvalue weighted by atomic mass is 9.92. The largest absolute Gasteiger partial charge is 0.342 e. The number of carbonyl (C=O) groups excluding carboxylic acids is 2. The lowest BCUT2D eigenvalue weighted by Gasteiger charge is -2.37. The van der Waals surface area contributed by atoms with Crippen molar-refractivity contribution in [2.24, 2.45) is 5.41 Å². The average Bonchev–Trinajstić information content (AvgIpc) is 3.16. The van der Waals surface area contributed by atoms with Gasteiger partial charge in [-0.1, -0.05) is 20.8 Å². The van der Waals surface area contributed by atoms with E-state index in [4.69, 9.17) is 0 Å². The van der Waals surface area contributed by atoms with Crippen LogP contribution in [0.3, 0.4) is 0 Å². The van der Waals surface area contributed by atoms with Crippen LogP contribution in [-0.2, 0) is 4.79 Å². The molecule has 1 aromatic rings. The summed E-state index contributed by atoms with van der Waals surface area (Å²) in [5.74, 6) is 0.688. The fourth-order valence-corrected chi connectivity index (χ4v) is 3.87. The van der Waals surface area contributed by atoms with Crippen LogP contribution in [0.2, 0.25) is 0 Å². The normalized spacial score (nSPS) is 20.3. The molecule has 3 amide bonds. The fraction of sp³-hybridized carbons (Fsp3) is 0.737. The number of H-pyrrole nitrogens is 1. The number of rotatable bonds is 2. The van der Waals surface area contributed by atoms with Gasteiger partial charge in [-0.05, 0) is 37.2 Å². The van der Waals surface area contributed by atoms with Gasteiger partial charge in [0.1, 0.15) is 0 Å². The van der Waals surface area contributed by atoms with Crippen molar-refractivity contribution in [1.82, 2.24) is 25.3 Å². The molecule has 1 aromatic heterocycles. The van der Waals surface area contributed by atoms with Gasteiger partial charge in [-0.2, -0.15) is 5.10 Å². The predicted molar refractivity (Wildman–Crippen MR) is 99.7 cm³/mol. The Bertz CT molecular complexity index is 606. The van der Waals surface area contributed by atoms with Crippen LogP contribution in [0.15, 0.2) is 12.4 Å². The lowest BCUT2D eigenvalue weighted by molar-refractivity contribution is -0.140. The number of urea groups is 1. The van der Waals surface area contributed by atoms with Crippen molar-refractivity contribution in [3.05, 3.63) is 18.0 Å². The molecule has 0 aliphatic carbocycles. The highest BCUT2D eigenvalue weighted by atomic mass is 16.2. The summed E-state index contributed by atoms with van der Waals surface area (Å²) in [5.41, 5.74) is 0.899. The summed E-state index contributed by atoms with van der Waals surface area (Å²) in [5, 5.41) is 10.0. The van der Waals surface area contributed by atoms with Gasteiger partial charge in [-0.25, -0.2) is 4.79 Å². The highest BCUT2D eigenvalue weighted by Gasteiger charge is 2.31. The van der Waals surface area contributed by atoms with Gasteiger partial charge in [0.2, 0.25) is 5.91 Å². The molecule has 7 heteroatoms. The van der Waals surface area contributed by atoms with Crippen LogP contribution in [0.4, 0.5) is 4.79 Å². The van der Waals surface area contributed by atoms with Crippen molar-refractivity contribution in [3.8, 4) is 0 Å². The van der Waals surface area contributed by atoms with Crippen LogP contribution in [-0.4, -0.2) is 64.2 Å². The molecule has 2 aliphatic rings. The van der Waals surface area contributed by atoms with Gasteiger partial charge in [-0.3, -0.25) is 9.89 Å². The summed E-state index contributed by atoms with van der Waals surface area (Å²) >= 11 is 0. The van der Waals surface area contributed by atoms with Crippen LogP contribution in [0, 0.1) is 5.41 Å². The first-order valence-corrected chi connectivity index (χ1v) is 9.68. The topological polar surface area (TPSA) is 81.3 Å². The van der Waals surface area contributed by atoms with Crippen molar-refractivity contribution < 1.29 is 9.59 Å². The van der Waals surface area contributed by atoms with Gasteiger partial charge in [0.15, 0.2) is 0 Å². The summed E-state index contributed by atoms with van der Waals surface area (Å²) in [6, 6.07) is 0.203. The second-order valence-electron chi connectivity index (χ2n) is 8.56. The molecule has 144 valence electrons.